The van der Waals surface area contributed by atoms with Crippen molar-refractivity contribution in [3.05, 3.63) is 40.4 Å². The third-order valence-electron chi connectivity index (χ3n) is 4.58. The molecule has 1 aromatic carbocycles. The first-order valence-electron chi connectivity index (χ1n) is 6.58. The van der Waals surface area contributed by atoms with Crippen LogP contribution < -0.4 is 4.90 Å². The highest BCUT2D eigenvalue weighted by Gasteiger charge is 2.59. The Hall–Kier alpha value is -1.32. The van der Waals surface area contributed by atoms with Crippen LogP contribution in [0.25, 0.3) is 0 Å². The van der Waals surface area contributed by atoms with Gasteiger partial charge in [0.2, 0.25) is 11.8 Å². The molecular weight excluding hydrogens is 297 g/mol. The zero-order valence-electron chi connectivity index (χ0n) is 10.4. The minimum Gasteiger partial charge on any atom is -0.274 e. The lowest BCUT2D eigenvalue weighted by Crippen LogP contribution is -2.32. The van der Waals surface area contributed by atoms with E-state index < -0.39 is 0 Å². The molecule has 4 rings (SSSR count). The lowest BCUT2D eigenvalue weighted by Gasteiger charge is -2.17. The third kappa shape index (κ3) is 1.54. The average molecular weight is 308 g/mol. The summed E-state index contributed by atoms with van der Waals surface area (Å²) in [6.45, 7) is 0. The molecule has 0 spiro atoms. The number of carbonyl (C=O) groups excluding carboxylic acids is 2. The predicted octanol–water partition coefficient (Wildman–Crippen LogP) is 3.30. The Labute approximate surface area is 126 Å². The van der Waals surface area contributed by atoms with Crippen molar-refractivity contribution < 1.29 is 9.59 Å². The molecule has 2 bridgehead atoms. The lowest BCUT2D eigenvalue weighted by atomic mass is 9.85. The van der Waals surface area contributed by atoms with E-state index in [1.165, 1.54) is 4.90 Å². The van der Waals surface area contributed by atoms with Gasteiger partial charge in [0.1, 0.15) is 0 Å². The van der Waals surface area contributed by atoms with E-state index in [-0.39, 0.29) is 35.5 Å². The fourth-order valence-electron chi connectivity index (χ4n) is 3.83. The van der Waals surface area contributed by atoms with Crippen LogP contribution in [0.3, 0.4) is 0 Å². The van der Waals surface area contributed by atoms with Gasteiger partial charge >= 0.3 is 0 Å². The average Bonchev–Trinajstić information content (AvgIpc) is 3.02. The molecule has 1 aromatic rings. The van der Waals surface area contributed by atoms with Gasteiger partial charge in [0.25, 0.3) is 0 Å². The van der Waals surface area contributed by atoms with E-state index in [4.69, 9.17) is 23.2 Å². The van der Waals surface area contributed by atoms with Gasteiger partial charge < -0.3 is 0 Å². The summed E-state index contributed by atoms with van der Waals surface area (Å²) in [5.41, 5.74) is 0.478. The Bertz CT molecular complexity index is 620. The number of carbonyl (C=O) groups is 2. The Morgan fingerprint density at radius 3 is 1.90 bits per heavy atom. The largest absolute Gasteiger partial charge is 0.274 e. The van der Waals surface area contributed by atoms with E-state index in [9.17, 15) is 9.59 Å². The van der Waals surface area contributed by atoms with E-state index in [1.807, 2.05) is 0 Å². The number of hydrogen-bond donors (Lipinski definition) is 0. The first-order chi connectivity index (χ1) is 9.56. The summed E-state index contributed by atoms with van der Waals surface area (Å²) in [5, 5.41) is 0.845. The zero-order chi connectivity index (χ0) is 14.0. The minimum atomic E-state index is -0.199. The van der Waals surface area contributed by atoms with Crippen molar-refractivity contribution in [1.29, 1.82) is 0 Å². The number of hydrogen-bond acceptors (Lipinski definition) is 2. The molecule has 3 aliphatic rings. The molecule has 1 saturated heterocycles. The van der Waals surface area contributed by atoms with Gasteiger partial charge in [-0.2, -0.15) is 0 Å². The SMILES string of the molecule is O=C1[C@@H]2[C@@H](C(=O)N1c1cc(Cl)cc(Cl)c1)[C@H]1C=C[C@H]2C1. The number of imide groups is 1. The molecule has 1 saturated carbocycles. The van der Waals surface area contributed by atoms with Crippen molar-refractivity contribution in [2.75, 3.05) is 4.90 Å². The van der Waals surface area contributed by atoms with E-state index >= 15 is 0 Å². The van der Waals surface area contributed by atoms with Crippen molar-refractivity contribution in [1.82, 2.24) is 0 Å². The highest BCUT2D eigenvalue weighted by molar-refractivity contribution is 6.35. The second kappa shape index (κ2) is 4.09. The smallest absolute Gasteiger partial charge is 0.238 e. The number of halogens is 2. The van der Waals surface area contributed by atoms with Crippen molar-refractivity contribution in [2.24, 2.45) is 23.7 Å². The summed E-state index contributed by atoms with van der Waals surface area (Å²) in [6, 6.07) is 4.81. The van der Waals surface area contributed by atoms with Crippen LogP contribution in [-0.2, 0) is 9.59 Å². The molecule has 5 heteroatoms. The van der Waals surface area contributed by atoms with Crippen molar-refractivity contribution in [3.8, 4) is 0 Å². The number of nitrogens with zero attached hydrogens (tertiary/aromatic N) is 1. The zero-order valence-corrected chi connectivity index (χ0v) is 11.9. The molecule has 1 heterocycles. The monoisotopic (exact) mass is 307 g/mol. The first kappa shape index (κ1) is 12.4. The van der Waals surface area contributed by atoms with Gasteiger partial charge in [-0.3, -0.25) is 9.59 Å². The second-order valence-electron chi connectivity index (χ2n) is 5.64. The van der Waals surface area contributed by atoms with Crippen LogP contribution in [0.1, 0.15) is 6.42 Å². The molecule has 3 nitrogen and oxygen atoms in total. The van der Waals surface area contributed by atoms with Crippen LogP contribution in [0.2, 0.25) is 10.0 Å². The summed E-state index contributed by atoms with van der Waals surface area (Å²) in [4.78, 5) is 26.5. The summed E-state index contributed by atoms with van der Waals surface area (Å²) in [6.07, 6.45) is 5.08. The molecule has 4 atom stereocenters. The van der Waals surface area contributed by atoms with Crippen molar-refractivity contribution in [2.45, 2.75) is 6.42 Å². The predicted molar refractivity (Wildman–Crippen MR) is 76.7 cm³/mol. The minimum absolute atomic E-state index is 0.116. The number of anilines is 1. The highest BCUT2D eigenvalue weighted by Crippen LogP contribution is 2.53. The maximum atomic E-state index is 12.6. The number of fused-ring (bicyclic) bond motifs is 5. The van der Waals surface area contributed by atoms with Gasteiger partial charge in [-0.15, -0.1) is 0 Å². The fourth-order valence-corrected chi connectivity index (χ4v) is 4.34. The molecule has 2 fully saturated rings. The Kier molecular flexibility index (Phi) is 2.54. The van der Waals surface area contributed by atoms with Gasteiger partial charge in [-0.05, 0) is 36.5 Å². The number of rotatable bonds is 1. The van der Waals surface area contributed by atoms with E-state index in [0.717, 1.165) is 6.42 Å². The molecule has 20 heavy (non-hydrogen) atoms. The maximum absolute atomic E-state index is 12.6. The molecule has 2 amide bonds. The summed E-state index contributed by atoms with van der Waals surface area (Å²) >= 11 is 11.9. The highest BCUT2D eigenvalue weighted by atomic mass is 35.5. The van der Waals surface area contributed by atoms with Crippen LogP contribution in [-0.4, -0.2) is 11.8 Å². The van der Waals surface area contributed by atoms with Gasteiger partial charge in [0, 0.05) is 10.0 Å². The summed E-state index contributed by atoms with van der Waals surface area (Å²) in [5.74, 6) is -0.210. The van der Waals surface area contributed by atoms with E-state index in [0.29, 0.717) is 15.7 Å². The first-order valence-corrected chi connectivity index (χ1v) is 7.34. The molecule has 1 aliphatic heterocycles. The van der Waals surface area contributed by atoms with E-state index in [2.05, 4.69) is 12.2 Å². The Balaban J connectivity index is 1.78. The maximum Gasteiger partial charge on any atom is 0.238 e. The quantitative estimate of drug-likeness (QED) is 0.589. The number of benzene rings is 1. The van der Waals surface area contributed by atoms with Gasteiger partial charge in [-0.25, -0.2) is 4.90 Å². The van der Waals surface area contributed by atoms with Crippen LogP contribution >= 0.6 is 23.2 Å². The van der Waals surface area contributed by atoms with Crippen LogP contribution in [0.15, 0.2) is 30.4 Å². The normalized spacial score (nSPS) is 34.2. The fraction of sp³-hybridized carbons (Fsp3) is 0.333. The molecule has 0 radical (unpaired) electrons. The second-order valence-corrected chi connectivity index (χ2v) is 6.51. The van der Waals surface area contributed by atoms with Crippen molar-refractivity contribution in [3.63, 3.8) is 0 Å². The molecule has 0 N–H and O–H groups in total. The van der Waals surface area contributed by atoms with Crippen molar-refractivity contribution >= 4 is 40.7 Å². The third-order valence-corrected chi connectivity index (χ3v) is 5.01. The molecule has 2 aliphatic carbocycles. The standard InChI is InChI=1S/C15H11Cl2NO2/c16-9-4-10(17)6-11(5-9)18-14(19)12-7-1-2-8(3-7)13(12)15(18)20/h1-2,4-8,12-13H,3H2/t7-,8-,12-,13-/m0/s1. The van der Waals surface area contributed by atoms with E-state index in [1.54, 1.807) is 18.2 Å². The Morgan fingerprint density at radius 1 is 0.900 bits per heavy atom. The van der Waals surface area contributed by atoms with Crippen LogP contribution in [0.4, 0.5) is 5.69 Å². The van der Waals surface area contributed by atoms with Gasteiger partial charge in [-0.1, -0.05) is 35.4 Å². The van der Waals surface area contributed by atoms with Gasteiger partial charge in [0.05, 0.1) is 17.5 Å². The summed E-state index contributed by atoms with van der Waals surface area (Å²) < 4.78 is 0. The number of allylic oxidation sites excluding steroid dienone is 2. The number of amides is 2. The van der Waals surface area contributed by atoms with Gasteiger partial charge in [0.15, 0.2) is 0 Å². The molecule has 0 unspecified atom stereocenters. The topological polar surface area (TPSA) is 37.4 Å². The van der Waals surface area contributed by atoms with Crippen LogP contribution in [0, 0.1) is 23.7 Å². The molecule has 0 aromatic heterocycles. The Morgan fingerprint density at radius 2 is 1.40 bits per heavy atom. The van der Waals surface area contributed by atoms with Crippen LogP contribution in [0.5, 0.6) is 0 Å². The lowest BCUT2D eigenvalue weighted by molar-refractivity contribution is -0.123. The molecular formula is C15H11Cl2NO2. The molecule has 102 valence electrons. The summed E-state index contributed by atoms with van der Waals surface area (Å²) in [7, 11) is 0.